The van der Waals surface area contributed by atoms with Crippen molar-refractivity contribution in [1.82, 2.24) is 5.32 Å². The lowest BCUT2D eigenvalue weighted by Gasteiger charge is -2.25. The second-order valence-electron chi connectivity index (χ2n) is 7.25. The molecule has 0 fully saturated rings. The van der Waals surface area contributed by atoms with Gasteiger partial charge in [0.25, 0.3) is 0 Å². The minimum absolute atomic E-state index is 0.894. The Bertz CT molecular complexity index is 445. The molecular formula is C22H41N3. The Morgan fingerprint density at radius 1 is 0.840 bits per heavy atom. The number of nitrogens with zero attached hydrogens (tertiary/aromatic N) is 1. The van der Waals surface area contributed by atoms with Crippen LogP contribution in [0.15, 0.2) is 18.2 Å². The van der Waals surface area contributed by atoms with Crippen LogP contribution in [0.25, 0.3) is 0 Å². The van der Waals surface area contributed by atoms with E-state index in [9.17, 15) is 0 Å². The van der Waals surface area contributed by atoms with Crippen LogP contribution in [-0.2, 0) is 0 Å². The van der Waals surface area contributed by atoms with Gasteiger partial charge < -0.3 is 16.0 Å². The summed E-state index contributed by atoms with van der Waals surface area (Å²) in [5.41, 5.74) is 9.38. The molecule has 0 radical (unpaired) electrons. The van der Waals surface area contributed by atoms with Gasteiger partial charge in [-0.25, -0.2) is 0 Å². The van der Waals surface area contributed by atoms with Gasteiger partial charge in [0.1, 0.15) is 0 Å². The van der Waals surface area contributed by atoms with Crippen LogP contribution in [-0.4, -0.2) is 26.2 Å². The quantitative estimate of drug-likeness (QED) is 0.324. The average molecular weight is 348 g/mol. The van der Waals surface area contributed by atoms with Gasteiger partial charge in [0.15, 0.2) is 0 Å². The van der Waals surface area contributed by atoms with Gasteiger partial charge in [-0.3, -0.25) is 0 Å². The molecule has 0 aromatic heterocycles. The number of aryl methyl sites for hydroxylation is 1. The number of hydrogen-bond acceptors (Lipinski definition) is 3. The van der Waals surface area contributed by atoms with E-state index >= 15 is 0 Å². The summed E-state index contributed by atoms with van der Waals surface area (Å²) in [6.45, 7) is 11.3. The number of hydrogen-bond donors (Lipinski definition) is 2. The fourth-order valence-electron chi connectivity index (χ4n) is 3.11. The summed E-state index contributed by atoms with van der Waals surface area (Å²) in [6.07, 6.45) is 11.7. The Kier molecular flexibility index (Phi) is 12.2. The molecule has 0 atom stereocenters. The Hall–Kier alpha value is -1.22. The molecule has 144 valence electrons. The molecule has 0 saturated heterocycles. The Labute approximate surface area is 156 Å². The molecule has 0 spiro atoms. The van der Waals surface area contributed by atoms with E-state index in [1.54, 1.807) is 0 Å². The van der Waals surface area contributed by atoms with Crippen molar-refractivity contribution in [3.05, 3.63) is 23.8 Å². The lowest BCUT2D eigenvalue weighted by Crippen LogP contribution is -2.25. The predicted molar refractivity (Wildman–Crippen MR) is 114 cm³/mol. The third-order valence-corrected chi connectivity index (χ3v) is 4.89. The molecule has 1 aromatic carbocycles. The molecule has 1 rings (SSSR count). The molecule has 0 bridgehead atoms. The van der Waals surface area contributed by atoms with Gasteiger partial charge in [-0.1, -0.05) is 46.0 Å². The number of rotatable bonds is 15. The number of nitrogens with two attached hydrogens (primary N) is 1. The Balaban J connectivity index is 2.24. The number of nitrogens with one attached hydrogen (secondary N) is 1. The molecule has 1 aromatic rings. The number of unbranched alkanes of at least 4 members (excludes halogenated alkanes) is 6. The molecule has 0 unspecified atom stereocenters. The average Bonchev–Trinajstić information content (AvgIpc) is 2.61. The van der Waals surface area contributed by atoms with Gasteiger partial charge in [0.2, 0.25) is 0 Å². The van der Waals surface area contributed by atoms with E-state index in [1.807, 2.05) is 6.07 Å². The SMILES string of the molecule is CCCCCNCCCCCCN(CCCC)c1ccc(N)c(C)c1. The largest absolute Gasteiger partial charge is 0.399 e. The van der Waals surface area contributed by atoms with E-state index in [1.165, 1.54) is 82.1 Å². The van der Waals surface area contributed by atoms with Crippen molar-refractivity contribution in [3.63, 3.8) is 0 Å². The van der Waals surface area contributed by atoms with Gasteiger partial charge in [0, 0.05) is 24.5 Å². The first-order valence-electron chi connectivity index (χ1n) is 10.5. The molecule has 0 saturated carbocycles. The van der Waals surface area contributed by atoms with Crippen molar-refractivity contribution < 1.29 is 0 Å². The second-order valence-corrected chi connectivity index (χ2v) is 7.25. The highest BCUT2D eigenvalue weighted by atomic mass is 15.1. The van der Waals surface area contributed by atoms with Gasteiger partial charge in [-0.2, -0.15) is 0 Å². The monoisotopic (exact) mass is 347 g/mol. The Morgan fingerprint density at radius 3 is 2.16 bits per heavy atom. The summed E-state index contributed by atoms with van der Waals surface area (Å²) in [5, 5.41) is 3.56. The van der Waals surface area contributed by atoms with Crippen LogP contribution < -0.4 is 16.0 Å². The fraction of sp³-hybridized carbons (Fsp3) is 0.727. The third-order valence-electron chi connectivity index (χ3n) is 4.89. The Morgan fingerprint density at radius 2 is 1.48 bits per heavy atom. The number of benzene rings is 1. The molecule has 0 amide bonds. The minimum atomic E-state index is 0.894. The minimum Gasteiger partial charge on any atom is -0.399 e. The van der Waals surface area contributed by atoms with Crippen molar-refractivity contribution in [2.75, 3.05) is 36.8 Å². The van der Waals surface area contributed by atoms with Crippen LogP contribution in [0.5, 0.6) is 0 Å². The first kappa shape index (κ1) is 21.8. The van der Waals surface area contributed by atoms with Crippen molar-refractivity contribution in [2.24, 2.45) is 0 Å². The second kappa shape index (κ2) is 14.0. The first-order valence-corrected chi connectivity index (χ1v) is 10.5. The highest BCUT2D eigenvalue weighted by Crippen LogP contribution is 2.21. The lowest BCUT2D eigenvalue weighted by molar-refractivity contribution is 0.562. The number of anilines is 2. The molecular weight excluding hydrogens is 306 g/mol. The zero-order chi connectivity index (χ0) is 18.3. The summed E-state index contributed by atoms with van der Waals surface area (Å²) < 4.78 is 0. The molecule has 25 heavy (non-hydrogen) atoms. The molecule has 0 aliphatic carbocycles. The molecule has 3 N–H and O–H groups in total. The normalized spacial score (nSPS) is 11.0. The van der Waals surface area contributed by atoms with E-state index in [2.05, 4.69) is 43.1 Å². The maximum absolute atomic E-state index is 5.97. The summed E-state index contributed by atoms with van der Waals surface area (Å²) in [7, 11) is 0. The maximum atomic E-state index is 5.97. The summed E-state index contributed by atoms with van der Waals surface area (Å²) in [4.78, 5) is 2.54. The van der Waals surface area contributed by atoms with Crippen LogP contribution in [0.1, 0.15) is 77.2 Å². The van der Waals surface area contributed by atoms with Gasteiger partial charge in [-0.15, -0.1) is 0 Å². The number of nitrogen functional groups attached to an aromatic ring is 1. The van der Waals surface area contributed by atoms with Crippen LogP contribution in [0.4, 0.5) is 11.4 Å². The van der Waals surface area contributed by atoms with Crippen molar-refractivity contribution >= 4 is 11.4 Å². The van der Waals surface area contributed by atoms with Gasteiger partial charge in [0.05, 0.1) is 0 Å². The zero-order valence-corrected chi connectivity index (χ0v) is 16.9. The smallest absolute Gasteiger partial charge is 0.0370 e. The first-order chi connectivity index (χ1) is 12.2. The fourth-order valence-corrected chi connectivity index (χ4v) is 3.11. The van der Waals surface area contributed by atoms with Crippen LogP contribution in [0.3, 0.4) is 0 Å². The van der Waals surface area contributed by atoms with E-state index in [-0.39, 0.29) is 0 Å². The predicted octanol–water partition coefficient (Wildman–Crippen LogP) is 5.52. The van der Waals surface area contributed by atoms with E-state index in [4.69, 9.17) is 5.73 Å². The molecule has 0 heterocycles. The molecule has 3 nitrogen and oxygen atoms in total. The molecule has 3 heteroatoms. The lowest BCUT2D eigenvalue weighted by atomic mass is 10.1. The van der Waals surface area contributed by atoms with E-state index in [0.29, 0.717) is 0 Å². The summed E-state index contributed by atoms with van der Waals surface area (Å²) >= 11 is 0. The van der Waals surface area contributed by atoms with Crippen LogP contribution in [0.2, 0.25) is 0 Å². The third kappa shape index (κ3) is 9.74. The highest BCUT2D eigenvalue weighted by molar-refractivity contribution is 5.58. The summed E-state index contributed by atoms with van der Waals surface area (Å²) in [5.74, 6) is 0. The van der Waals surface area contributed by atoms with Crippen LogP contribution in [0, 0.1) is 6.92 Å². The van der Waals surface area contributed by atoms with Crippen LogP contribution >= 0.6 is 0 Å². The zero-order valence-electron chi connectivity index (χ0n) is 16.9. The topological polar surface area (TPSA) is 41.3 Å². The standard InChI is InChI=1S/C22H41N3/c1-4-6-10-15-24-16-11-8-9-12-18-25(17-7-5-2)21-13-14-22(23)20(3)19-21/h13-14,19,24H,4-12,15-18,23H2,1-3H3. The summed E-state index contributed by atoms with van der Waals surface area (Å²) in [6, 6.07) is 6.47. The molecule has 0 aliphatic rings. The highest BCUT2D eigenvalue weighted by Gasteiger charge is 2.07. The molecule has 0 aliphatic heterocycles. The van der Waals surface area contributed by atoms with Crippen molar-refractivity contribution in [3.8, 4) is 0 Å². The van der Waals surface area contributed by atoms with Gasteiger partial charge in [-0.05, 0) is 69.5 Å². The van der Waals surface area contributed by atoms with Gasteiger partial charge >= 0.3 is 0 Å². The van der Waals surface area contributed by atoms with Crippen molar-refractivity contribution in [1.29, 1.82) is 0 Å². The van der Waals surface area contributed by atoms with E-state index < -0.39 is 0 Å². The van der Waals surface area contributed by atoms with Crippen molar-refractivity contribution in [2.45, 2.75) is 78.6 Å². The maximum Gasteiger partial charge on any atom is 0.0370 e. The van der Waals surface area contributed by atoms with E-state index in [0.717, 1.165) is 18.8 Å².